The van der Waals surface area contributed by atoms with Gasteiger partial charge in [0.25, 0.3) is 0 Å². The van der Waals surface area contributed by atoms with E-state index in [1.165, 1.54) is 3.97 Å². The molecule has 0 saturated carbocycles. The van der Waals surface area contributed by atoms with E-state index < -0.39 is 14.8 Å². The van der Waals surface area contributed by atoms with Gasteiger partial charge < -0.3 is 0 Å². The molecule has 1 aliphatic carbocycles. The molecule has 0 fully saturated rings. The zero-order chi connectivity index (χ0) is 16.8. The SMILES string of the molecule is CC1(S(=O)(=O)n2ccc3ccccc32)C=CC=C(c2cn[nH]c2)C1. The molecule has 0 bridgehead atoms. The first-order valence-corrected chi connectivity index (χ1v) is 9.14. The van der Waals surface area contributed by atoms with Crippen LogP contribution in [0.3, 0.4) is 0 Å². The van der Waals surface area contributed by atoms with Crippen molar-refractivity contribution in [2.75, 3.05) is 0 Å². The number of H-pyrrole nitrogens is 1. The molecule has 0 amide bonds. The highest BCUT2D eigenvalue weighted by Crippen LogP contribution is 2.37. The predicted molar refractivity (Wildman–Crippen MR) is 95.0 cm³/mol. The lowest BCUT2D eigenvalue weighted by molar-refractivity contribution is 0.556. The van der Waals surface area contributed by atoms with Gasteiger partial charge in [-0.25, -0.2) is 12.4 Å². The second-order valence-corrected chi connectivity index (χ2v) is 8.48. The van der Waals surface area contributed by atoms with Gasteiger partial charge in [-0.05, 0) is 31.1 Å². The molecule has 122 valence electrons. The minimum atomic E-state index is -3.61. The first-order valence-electron chi connectivity index (χ1n) is 7.70. The Morgan fingerprint density at radius 2 is 2.08 bits per heavy atom. The third-order valence-corrected chi connectivity index (χ3v) is 6.86. The third kappa shape index (κ3) is 2.14. The summed E-state index contributed by atoms with van der Waals surface area (Å²) in [6.45, 7) is 1.76. The van der Waals surface area contributed by atoms with Crippen LogP contribution < -0.4 is 0 Å². The van der Waals surface area contributed by atoms with Gasteiger partial charge in [-0.15, -0.1) is 0 Å². The van der Waals surface area contributed by atoms with Crippen LogP contribution in [-0.2, 0) is 10.0 Å². The van der Waals surface area contributed by atoms with Crippen molar-refractivity contribution in [3.8, 4) is 0 Å². The van der Waals surface area contributed by atoms with Crippen molar-refractivity contribution in [3.05, 3.63) is 72.7 Å². The fraction of sp³-hybridized carbons (Fsp3) is 0.167. The highest BCUT2D eigenvalue weighted by Gasteiger charge is 2.40. The Labute approximate surface area is 140 Å². The van der Waals surface area contributed by atoms with Gasteiger partial charge in [-0.2, -0.15) is 5.10 Å². The lowest BCUT2D eigenvalue weighted by Gasteiger charge is -2.30. The Hall–Kier alpha value is -2.60. The Morgan fingerprint density at radius 1 is 1.25 bits per heavy atom. The van der Waals surface area contributed by atoms with Gasteiger partial charge in [0.2, 0.25) is 10.0 Å². The zero-order valence-electron chi connectivity index (χ0n) is 13.2. The molecule has 0 spiro atoms. The molecule has 1 aliphatic rings. The highest BCUT2D eigenvalue weighted by molar-refractivity contribution is 7.91. The topological polar surface area (TPSA) is 67.8 Å². The number of fused-ring (bicyclic) bond motifs is 1. The van der Waals surface area contributed by atoms with Gasteiger partial charge in [-0.3, -0.25) is 5.10 Å². The summed E-state index contributed by atoms with van der Waals surface area (Å²) in [6.07, 6.45) is 11.0. The molecule has 0 radical (unpaired) electrons. The van der Waals surface area contributed by atoms with Crippen LogP contribution in [0.5, 0.6) is 0 Å². The number of aromatic nitrogens is 3. The van der Waals surface area contributed by atoms with E-state index in [-0.39, 0.29) is 0 Å². The van der Waals surface area contributed by atoms with Crippen molar-refractivity contribution in [2.24, 2.45) is 0 Å². The quantitative estimate of drug-likeness (QED) is 0.796. The molecule has 3 aromatic rings. The van der Waals surface area contributed by atoms with E-state index in [0.29, 0.717) is 11.9 Å². The van der Waals surface area contributed by atoms with E-state index in [4.69, 9.17) is 0 Å². The molecule has 1 unspecified atom stereocenters. The van der Waals surface area contributed by atoms with Crippen LogP contribution in [0.2, 0.25) is 0 Å². The van der Waals surface area contributed by atoms with E-state index in [1.54, 1.807) is 31.6 Å². The molecule has 4 rings (SSSR count). The van der Waals surface area contributed by atoms with Crippen LogP contribution in [0.1, 0.15) is 18.9 Å². The second-order valence-electron chi connectivity index (χ2n) is 6.20. The normalized spacial score (nSPS) is 21.1. The van der Waals surface area contributed by atoms with Crippen molar-refractivity contribution >= 4 is 26.5 Å². The van der Waals surface area contributed by atoms with E-state index in [2.05, 4.69) is 10.2 Å². The Kier molecular flexibility index (Phi) is 3.25. The van der Waals surface area contributed by atoms with E-state index in [1.807, 2.05) is 42.5 Å². The Bertz CT molecular complexity index is 1060. The minimum Gasteiger partial charge on any atom is -0.285 e. The lowest BCUT2D eigenvalue weighted by atomic mass is 9.92. The number of allylic oxidation sites excluding steroid dienone is 3. The molecule has 1 aromatic carbocycles. The summed E-state index contributed by atoms with van der Waals surface area (Å²) in [5, 5.41) is 7.64. The maximum Gasteiger partial charge on any atom is 0.248 e. The zero-order valence-corrected chi connectivity index (χ0v) is 14.0. The maximum atomic E-state index is 13.4. The molecule has 5 nitrogen and oxygen atoms in total. The van der Waals surface area contributed by atoms with Crippen molar-refractivity contribution in [2.45, 2.75) is 18.1 Å². The van der Waals surface area contributed by atoms with Crippen molar-refractivity contribution in [1.29, 1.82) is 0 Å². The summed E-state index contributed by atoms with van der Waals surface area (Å²) >= 11 is 0. The molecule has 2 aromatic heterocycles. The summed E-state index contributed by atoms with van der Waals surface area (Å²) < 4.78 is 27.1. The summed E-state index contributed by atoms with van der Waals surface area (Å²) in [5.74, 6) is 0. The Balaban J connectivity index is 1.80. The number of hydrogen-bond donors (Lipinski definition) is 1. The van der Waals surface area contributed by atoms with Crippen molar-refractivity contribution < 1.29 is 8.42 Å². The van der Waals surface area contributed by atoms with Gasteiger partial charge in [0.1, 0.15) is 4.75 Å². The fourth-order valence-electron chi connectivity index (χ4n) is 3.16. The molecule has 6 heteroatoms. The molecule has 0 saturated heterocycles. The number of nitrogens with zero attached hydrogens (tertiary/aromatic N) is 2. The first kappa shape index (κ1) is 15.0. The second kappa shape index (κ2) is 5.21. The van der Waals surface area contributed by atoms with Gasteiger partial charge in [0.15, 0.2) is 0 Å². The van der Waals surface area contributed by atoms with Crippen molar-refractivity contribution in [1.82, 2.24) is 14.2 Å². The minimum absolute atomic E-state index is 0.401. The van der Waals surface area contributed by atoms with E-state index in [9.17, 15) is 8.42 Å². The van der Waals surface area contributed by atoms with Gasteiger partial charge in [0, 0.05) is 23.3 Å². The highest BCUT2D eigenvalue weighted by atomic mass is 32.2. The number of benzene rings is 1. The number of rotatable bonds is 3. The lowest BCUT2D eigenvalue weighted by Crippen LogP contribution is -2.38. The molecule has 2 heterocycles. The van der Waals surface area contributed by atoms with Crippen LogP contribution in [0, 0.1) is 0 Å². The summed E-state index contributed by atoms with van der Waals surface area (Å²) in [7, 11) is -3.61. The van der Waals surface area contributed by atoms with E-state index in [0.717, 1.165) is 16.5 Å². The van der Waals surface area contributed by atoms with Crippen LogP contribution in [0.25, 0.3) is 16.5 Å². The van der Waals surface area contributed by atoms with E-state index >= 15 is 0 Å². The number of hydrogen-bond acceptors (Lipinski definition) is 3. The van der Waals surface area contributed by atoms with Crippen LogP contribution in [0.15, 0.2) is 67.2 Å². The number of para-hydroxylation sites is 1. The monoisotopic (exact) mass is 339 g/mol. The molecule has 24 heavy (non-hydrogen) atoms. The standard InChI is InChI=1S/C18H17N3O2S/c1-18(9-4-6-15(11-18)16-12-19-20-13-16)24(22,23)21-10-8-14-5-2-3-7-17(14)21/h2-10,12-13H,11H2,1H3,(H,19,20). The molecule has 1 N–H and O–H groups in total. The average molecular weight is 339 g/mol. The molecule has 1 atom stereocenters. The first-order chi connectivity index (χ1) is 11.5. The predicted octanol–water partition coefficient (Wildman–Crippen LogP) is 3.34. The maximum absolute atomic E-state index is 13.4. The molecular formula is C18H17N3O2S. The third-order valence-electron chi connectivity index (χ3n) is 4.57. The number of aromatic amines is 1. The average Bonchev–Trinajstić information content (AvgIpc) is 3.24. The van der Waals surface area contributed by atoms with Crippen LogP contribution >= 0.6 is 0 Å². The largest absolute Gasteiger partial charge is 0.285 e. The Morgan fingerprint density at radius 3 is 2.88 bits per heavy atom. The summed E-state index contributed by atoms with van der Waals surface area (Å²) in [4.78, 5) is 0. The van der Waals surface area contributed by atoms with Crippen molar-refractivity contribution in [3.63, 3.8) is 0 Å². The smallest absolute Gasteiger partial charge is 0.248 e. The summed E-state index contributed by atoms with van der Waals surface area (Å²) in [6, 6.07) is 9.33. The van der Waals surface area contributed by atoms with Gasteiger partial charge in [0.05, 0.1) is 11.7 Å². The summed E-state index contributed by atoms with van der Waals surface area (Å²) in [5.41, 5.74) is 2.57. The van der Waals surface area contributed by atoms with Crippen LogP contribution in [-0.4, -0.2) is 27.3 Å². The molecular weight excluding hydrogens is 322 g/mol. The molecule has 0 aliphatic heterocycles. The van der Waals surface area contributed by atoms with Gasteiger partial charge in [-0.1, -0.05) is 36.4 Å². The van der Waals surface area contributed by atoms with Gasteiger partial charge >= 0.3 is 0 Å². The number of nitrogens with one attached hydrogen (secondary N) is 1. The van der Waals surface area contributed by atoms with Crippen LogP contribution in [0.4, 0.5) is 0 Å². The fourth-order valence-corrected chi connectivity index (χ4v) is 4.84.